The minimum atomic E-state index is 1.14. The summed E-state index contributed by atoms with van der Waals surface area (Å²) >= 11 is 3.48. The average molecular weight is 285 g/mol. The van der Waals surface area contributed by atoms with E-state index in [1.807, 2.05) is 0 Å². The molecule has 0 heterocycles. The zero-order valence-corrected chi connectivity index (χ0v) is 11.1. The van der Waals surface area contributed by atoms with Crippen LogP contribution in [-0.2, 0) is 0 Å². The molecular formula is C16H13Br. The van der Waals surface area contributed by atoms with Gasteiger partial charge >= 0.3 is 0 Å². The van der Waals surface area contributed by atoms with Gasteiger partial charge in [-0.1, -0.05) is 58.4 Å². The van der Waals surface area contributed by atoms with Gasteiger partial charge in [0.15, 0.2) is 0 Å². The molecule has 0 radical (unpaired) electrons. The van der Waals surface area contributed by atoms with Gasteiger partial charge in [-0.05, 0) is 47.2 Å². The van der Waals surface area contributed by atoms with Gasteiger partial charge in [0.25, 0.3) is 0 Å². The van der Waals surface area contributed by atoms with Crippen molar-refractivity contribution in [1.29, 1.82) is 0 Å². The molecule has 0 bridgehead atoms. The maximum atomic E-state index is 3.48. The van der Waals surface area contributed by atoms with E-state index in [0.29, 0.717) is 0 Å². The van der Waals surface area contributed by atoms with Gasteiger partial charge in [0, 0.05) is 4.47 Å². The Kier molecular flexibility index (Phi) is 2.86. The number of allylic oxidation sites excluding steroid dienone is 2. The third-order valence-electron chi connectivity index (χ3n) is 3.30. The fourth-order valence-electron chi connectivity index (χ4n) is 2.30. The van der Waals surface area contributed by atoms with Crippen LogP contribution in [0.2, 0.25) is 0 Å². The normalized spacial score (nSPS) is 14.6. The summed E-state index contributed by atoms with van der Waals surface area (Å²) in [6, 6.07) is 19.3. The molecule has 0 saturated carbocycles. The highest BCUT2D eigenvalue weighted by Gasteiger charge is 2.19. The van der Waals surface area contributed by atoms with Crippen LogP contribution in [0.4, 0.5) is 0 Å². The van der Waals surface area contributed by atoms with Crippen molar-refractivity contribution >= 4 is 27.1 Å². The van der Waals surface area contributed by atoms with Crippen molar-refractivity contribution in [3.8, 4) is 0 Å². The van der Waals surface area contributed by atoms with Crippen LogP contribution in [0.1, 0.15) is 24.0 Å². The van der Waals surface area contributed by atoms with E-state index in [4.69, 9.17) is 0 Å². The lowest BCUT2D eigenvalue weighted by Gasteiger charge is -2.24. The van der Waals surface area contributed by atoms with Crippen LogP contribution in [0.5, 0.6) is 0 Å². The monoisotopic (exact) mass is 284 g/mol. The molecule has 0 aliphatic heterocycles. The second-order valence-corrected chi connectivity index (χ2v) is 5.25. The van der Waals surface area contributed by atoms with Crippen molar-refractivity contribution in [1.82, 2.24) is 0 Å². The summed E-state index contributed by atoms with van der Waals surface area (Å²) < 4.78 is 1.14. The van der Waals surface area contributed by atoms with Crippen molar-refractivity contribution in [2.24, 2.45) is 0 Å². The first-order valence-electron chi connectivity index (χ1n) is 5.88. The summed E-state index contributed by atoms with van der Waals surface area (Å²) in [6.45, 7) is 0. The number of benzene rings is 2. The Morgan fingerprint density at radius 1 is 0.647 bits per heavy atom. The van der Waals surface area contributed by atoms with Gasteiger partial charge in [0.05, 0.1) is 0 Å². The summed E-state index contributed by atoms with van der Waals surface area (Å²) in [5.41, 5.74) is 5.74. The maximum absolute atomic E-state index is 3.48. The van der Waals surface area contributed by atoms with Crippen molar-refractivity contribution < 1.29 is 0 Å². The summed E-state index contributed by atoms with van der Waals surface area (Å²) in [7, 11) is 0. The topological polar surface area (TPSA) is 0 Å². The van der Waals surface area contributed by atoms with Gasteiger partial charge in [0.1, 0.15) is 0 Å². The first-order chi connectivity index (χ1) is 8.34. The van der Waals surface area contributed by atoms with E-state index in [2.05, 4.69) is 70.5 Å². The molecule has 2 aromatic carbocycles. The van der Waals surface area contributed by atoms with Gasteiger partial charge in [-0.25, -0.2) is 0 Å². The largest absolute Gasteiger partial charge is 0.0622 e. The predicted molar refractivity (Wildman–Crippen MR) is 76.6 cm³/mol. The van der Waals surface area contributed by atoms with Crippen molar-refractivity contribution in [2.45, 2.75) is 12.8 Å². The van der Waals surface area contributed by atoms with Crippen LogP contribution in [0.15, 0.2) is 59.1 Å². The highest BCUT2D eigenvalue weighted by Crippen LogP contribution is 2.42. The minimum absolute atomic E-state index is 1.14. The molecule has 0 nitrogen and oxygen atoms in total. The molecule has 2 aromatic rings. The standard InChI is InChI=1S/C16H13Br/c17-14-8-6-13(7-9-14)16-11-10-15(16)12-4-2-1-3-5-12/h1-9H,10-11H2. The minimum Gasteiger partial charge on any atom is -0.0622 e. The number of hydrogen-bond donors (Lipinski definition) is 0. The van der Waals surface area contributed by atoms with E-state index in [-0.39, 0.29) is 0 Å². The molecule has 17 heavy (non-hydrogen) atoms. The second-order valence-electron chi connectivity index (χ2n) is 4.33. The fraction of sp³-hybridized carbons (Fsp3) is 0.125. The smallest absolute Gasteiger partial charge is 0.0175 e. The maximum Gasteiger partial charge on any atom is 0.0175 e. The van der Waals surface area contributed by atoms with E-state index in [9.17, 15) is 0 Å². The summed E-state index contributed by atoms with van der Waals surface area (Å²) in [4.78, 5) is 0. The molecule has 0 fully saturated rings. The molecule has 0 unspecified atom stereocenters. The molecule has 0 spiro atoms. The van der Waals surface area contributed by atoms with Gasteiger partial charge < -0.3 is 0 Å². The van der Waals surface area contributed by atoms with Crippen LogP contribution in [0.3, 0.4) is 0 Å². The third-order valence-corrected chi connectivity index (χ3v) is 3.83. The van der Waals surface area contributed by atoms with E-state index < -0.39 is 0 Å². The highest BCUT2D eigenvalue weighted by atomic mass is 79.9. The fourth-order valence-corrected chi connectivity index (χ4v) is 2.57. The van der Waals surface area contributed by atoms with Gasteiger partial charge in [-0.2, -0.15) is 0 Å². The van der Waals surface area contributed by atoms with E-state index in [1.54, 1.807) is 0 Å². The summed E-state index contributed by atoms with van der Waals surface area (Å²) in [5, 5.41) is 0. The SMILES string of the molecule is Brc1ccc(C2=C(c3ccccc3)CC2)cc1. The quantitative estimate of drug-likeness (QED) is 0.715. The molecule has 0 atom stereocenters. The van der Waals surface area contributed by atoms with Gasteiger partial charge in [-0.15, -0.1) is 0 Å². The number of hydrogen-bond acceptors (Lipinski definition) is 0. The molecule has 3 rings (SSSR count). The molecule has 0 amide bonds. The summed E-state index contributed by atoms with van der Waals surface area (Å²) in [6.07, 6.45) is 2.40. The van der Waals surface area contributed by atoms with Crippen molar-refractivity contribution in [3.63, 3.8) is 0 Å². The molecule has 1 heteroatoms. The van der Waals surface area contributed by atoms with E-state index >= 15 is 0 Å². The third kappa shape index (κ3) is 2.07. The molecule has 0 N–H and O–H groups in total. The first kappa shape index (κ1) is 10.8. The van der Waals surface area contributed by atoms with Crippen LogP contribution >= 0.6 is 15.9 Å². The molecule has 0 saturated heterocycles. The van der Waals surface area contributed by atoms with E-state index in [1.165, 1.54) is 35.1 Å². The molecule has 1 aliphatic carbocycles. The Morgan fingerprint density at radius 2 is 1.18 bits per heavy atom. The number of rotatable bonds is 2. The zero-order valence-electron chi connectivity index (χ0n) is 9.49. The van der Waals surface area contributed by atoms with Crippen molar-refractivity contribution in [3.05, 3.63) is 70.2 Å². The van der Waals surface area contributed by atoms with Crippen LogP contribution in [-0.4, -0.2) is 0 Å². The molecule has 0 aromatic heterocycles. The lowest BCUT2D eigenvalue weighted by molar-refractivity contribution is 1.01. The Balaban J connectivity index is 2.01. The molecule has 84 valence electrons. The lowest BCUT2D eigenvalue weighted by Crippen LogP contribution is -2.02. The van der Waals surface area contributed by atoms with Crippen LogP contribution in [0, 0.1) is 0 Å². The summed E-state index contributed by atoms with van der Waals surface area (Å²) in [5.74, 6) is 0. The molecular weight excluding hydrogens is 272 g/mol. The van der Waals surface area contributed by atoms with Gasteiger partial charge in [-0.3, -0.25) is 0 Å². The Labute approximate surface area is 110 Å². The predicted octanol–water partition coefficient (Wildman–Crippen LogP) is 5.15. The van der Waals surface area contributed by atoms with Crippen LogP contribution < -0.4 is 0 Å². The second kappa shape index (κ2) is 4.50. The Hall–Kier alpha value is -1.34. The lowest BCUT2D eigenvalue weighted by atomic mass is 9.80. The van der Waals surface area contributed by atoms with Crippen molar-refractivity contribution in [2.75, 3.05) is 0 Å². The highest BCUT2D eigenvalue weighted by molar-refractivity contribution is 9.10. The first-order valence-corrected chi connectivity index (χ1v) is 6.67. The average Bonchev–Trinajstić information content (AvgIpc) is 2.32. The van der Waals surface area contributed by atoms with Crippen LogP contribution in [0.25, 0.3) is 11.1 Å². The van der Waals surface area contributed by atoms with Gasteiger partial charge in [0.2, 0.25) is 0 Å². The Morgan fingerprint density at radius 3 is 1.71 bits per heavy atom. The number of halogens is 1. The molecule has 1 aliphatic rings. The Bertz CT molecular complexity index is 550. The zero-order chi connectivity index (χ0) is 11.7. The van der Waals surface area contributed by atoms with E-state index in [0.717, 1.165) is 4.47 Å².